The van der Waals surface area contributed by atoms with E-state index in [1.807, 2.05) is 16.3 Å². The molecule has 9 heteroatoms. The van der Waals surface area contributed by atoms with Gasteiger partial charge >= 0.3 is 0 Å². The highest BCUT2D eigenvalue weighted by Crippen LogP contribution is 2.40. The van der Waals surface area contributed by atoms with E-state index in [0.29, 0.717) is 49.9 Å². The maximum Gasteiger partial charge on any atom is 0.260 e. The molecule has 0 bridgehead atoms. The minimum Gasteiger partial charge on any atom is -0.493 e. The summed E-state index contributed by atoms with van der Waals surface area (Å²) >= 11 is 3.42. The van der Waals surface area contributed by atoms with Gasteiger partial charge in [0.25, 0.3) is 11.8 Å². The average Bonchev–Trinajstić information content (AvgIpc) is 3.59. The molecule has 2 aliphatic heterocycles. The molecule has 7 nitrogen and oxygen atoms in total. The molecule has 0 unspecified atom stereocenters. The Balaban J connectivity index is 1.34. The van der Waals surface area contributed by atoms with Crippen LogP contribution in [0, 0.1) is 0 Å². The highest BCUT2D eigenvalue weighted by atomic mass is 32.1. The minimum absolute atomic E-state index is 0.0514. The number of rotatable bonds is 6. The number of amides is 2. The zero-order chi connectivity index (χ0) is 23.5. The molecule has 178 valence electrons. The summed E-state index contributed by atoms with van der Waals surface area (Å²) in [5, 5.41) is 4.15. The number of fused-ring (bicyclic) bond motifs is 1. The maximum atomic E-state index is 13.7. The number of hydrogen-bond acceptors (Lipinski definition) is 7. The Bertz CT molecular complexity index is 1150. The van der Waals surface area contributed by atoms with Crippen LogP contribution < -0.4 is 9.47 Å². The molecule has 2 aromatic heterocycles. The second-order valence-corrected chi connectivity index (χ2v) is 10.1. The van der Waals surface area contributed by atoms with Gasteiger partial charge in [0.2, 0.25) is 0 Å². The summed E-state index contributed by atoms with van der Waals surface area (Å²) in [5.74, 6) is 0.726. The fourth-order valence-electron chi connectivity index (χ4n) is 4.42. The fraction of sp³-hybridized carbons (Fsp3) is 0.360. The van der Waals surface area contributed by atoms with Gasteiger partial charge in [-0.25, -0.2) is 0 Å². The van der Waals surface area contributed by atoms with Gasteiger partial charge in [-0.3, -0.25) is 9.59 Å². The van der Waals surface area contributed by atoms with E-state index in [0.717, 1.165) is 11.3 Å². The molecular formula is C25H26N2O5S2. The lowest BCUT2D eigenvalue weighted by Gasteiger charge is -2.35. The molecule has 3 aromatic rings. The fourth-order valence-corrected chi connectivity index (χ4v) is 6.18. The number of thiophene rings is 2. The van der Waals surface area contributed by atoms with Gasteiger partial charge in [0.1, 0.15) is 0 Å². The number of carbonyl (C=O) groups excluding carboxylic acids is 2. The van der Waals surface area contributed by atoms with Crippen LogP contribution in [-0.4, -0.2) is 68.2 Å². The summed E-state index contributed by atoms with van der Waals surface area (Å²) in [7, 11) is 1.53. The largest absolute Gasteiger partial charge is 0.493 e. The van der Waals surface area contributed by atoms with E-state index in [1.54, 1.807) is 45.8 Å². The van der Waals surface area contributed by atoms with Crippen molar-refractivity contribution in [1.29, 1.82) is 0 Å². The molecule has 4 heterocycles. The zero-order valence-electron chi connectivity index (χ0n) is 18.9. The summed E-state index contributed by atoms with van der Waals surface area (Å²) in [6.45, 7) is 2.80. The summed E-state index contributed by atoms with van der Waals surface area (Å²) in [4.78, 5) is 32.2. The van der Waals surface area contributed by atoms with Crippen molar-refractivity contribution in [1.82, 2.24) is 9.80 Å². The van der Waals surface area contributed by atoms with E-state index in [2.05, 4.69) is 17.5 Å². The van der Waals surface area contributed by atoms with Gasteiger partial charge in [-0.15, -0.1) is 22.7 Å². The van der Waals surface area contributed by atoms with Crippen molar-refractivity contribution in [2.24, 2.45) is 0 Å². The van der Waals surface area contributed by atoms with Gasteiger partial charge in [-0.05, 0) is 53.1 Å². The first-order chi connectivity index (χ1) is 16.7. The molecule has 0 aliphatic carbocycles. The topological polar surface area (TPSA) is 68.3 Å². The SMILES string of the molecule is COc1cc(C(=O)N2CCc3sccc3[C@@H]2c2cccs2)ccc1OCC(=O)N1CCOCC1. The Morgan fingerprint density at radius 1 is 1.06 bits per heavy atom. The molecule has 2 aliphatic rings. The maximum absolute atomic E-state index is 13.7. The standard InChI is InChI=1S/C25H26N2O5S2/c1-30-20-15-17(4-5-19(20)32-16-23(28)26-9-11-31-12-10-26)25(29)27-8-6-21-18(7-14-34-21)24(27)22-3-2-13-33-22/h2-5,7,13-15,24H,6,8-12,16H2,1H3/t24-/m1/s1. The molecule has 1 fully saturated rings. The molecule has 0 N–H and O–H groups in total. The number of hydrogen-bond donors (Lipinski definition) is 0. The lowest BCUT2D eigenvalue weighted by atomic mass is 9.97. The smallest absolute Gasteiger partial charge is 0.260 e. The highest BCUT2D eigenvalue weighted by Gasteiger charge is 2.34. The number of nitrogens with zero attached hydrogens (tertiary/aromatic N) is 2. The molecule has 1 aromatic carbocycles. The first-order valence-corrected chi connectivity index (χ1v) is 13.0. The summed E-state index contributed by atoms with van der Waals surface area (Å²) in [5.41, 5.74) is 1.74. The lowest BCUT2D eigenvalue weighted by Crippen LogP contribution is -2.43. The zero-order valence-corrected chi connectivity index (χ0v) is 20.5. The van der Waals surface area contributed by atoms with E-state index in [-0.39, 0.29) is 24.5 Å². The van der Waals surface area contributed by atoms with Crippen LogP contribution in [0.1, 0.15) is 31.7 Å². The normalized spacial score (nSPS) is 17.9. The Kier molecular flexibility index (Phi) is 6.85. The third-order valence-electron chi connectivity index (χ3n) is 6.16. The Hall–Kier alpha value is -2.88. The van der Waals surface area contributed by atoms with Gasteiger partial charge in [0.15, 0.2) is 18.1 Å². The Morgan fingerprint density at radius 2 is 1.91 bits per heavy atom. The van der Waals surface area contributed by atoms with Crippen molar-refractivity contribution in [3.63, 3.8) is 0 Å². The van der Waals surface area contributed by atoms with Crippen molar-refractivity contribution < 1.29 is 23.8 Å². The first kappa shape index (κ1) is 22.9. The van der Waals surface area contributed by atoms with Crippen molar-refractivity contribution in [2.45, 2.75) is 12.5 Å². The van der Waals surface area contributed by atoms with Gasteiger partial charge in [0.05, 0.1) is 26.4 Å². The van der Waals surface area contributed by atoms with Gasteiger partial charge in [-0.1, -0.05) is 6.07 Å². The number of benzene rings is 1. The molecule has 0 radical (unpaired) electrons. The van der Waals surface area contributed by atoms with Crippen molar-refractivity contribution in [3.8, 4) is 11.5 Å². The van der Waals surface area contributed by atoms with E-state index < -0.39 is 0 Å². The van der Waals surface area contributed by atoms with Gasteiger partial charge in [0, 0.05) is 35.0 Å². The van der Waals surface area contributed by atoms with Crippen LogP contribution in [0.15, 0.2) is 47.2 Å². The molecule has 1 atom stereocenters. The third-order valence-corrected chi connectivity index (χ3v) is 8.09. The van der Waals surface area contributed by atoms with Crippen LogP contribution >= 0.6 is 22.7 Å². The number of carbonyl (C=O) groups is 2. The number of ether oxygens (including phenoxy) is 3. The number of morpholine rings is 1. The van der Waals surface area contributed by atoms with Gasteiger partial charge in [-0.2, -0.15) is 0 Å². The summed E-state index contributed by atoms with van der Waals surface area (Å²) < 4.78 is 16.6. The molecule has 0 saturated carbocycles. The van der Waals surface area contributed by atoms with Crippen LogP contribution in [-0.2, 0) is 16.0 Å². The third kappa shape index (κ3) is 4.55. The quantitative estimate of drug-likeness (QED) is 0.517. The minimum atomic E-state index is -0.0934. The van der Waals surface area contributed by atoms with Crippen molar-refractivity contribution in [3.05, 3.63) is 68.0 Å². The predicted octanol–water partition coefficient (Wildman–Crippen LogP) is 3.84. The Labute approximate surface area is 206 Å². The summed E-state index contributed by atoms with van der Waals surface area (Å²) in [6, 6.07) is 11.3. The van der Waals surface area contributed by atoms with Crippen LogP contribution in [0.3, 0.4) is 0 Å². The highest BCUT2D eigenvalue weighted by molar-refractivity contribution is 7.10. The first-order valence-electron chi connectivity index (χ1n) is 11.2. The lowest BCUT2D eigenvalue weighted by molar-refractivity contribution is -0.137. The predicted molar refractivity (Wildman–Crippen MR) is 131 cm³/mol. The van der Waals surface area contributed by atoms with Crippen LogP contribution in [0.5, 0.6) is 11.5 Å². The second-order valence-electron chi connectivity index (χ2n) is 8.11. The molecule has 2 amide bonds. The molecule has 1 saturated heterocycles. The summed E-state index contributed by atoms with van der Waals surface area (Å²) in [6.07, 6.45) is 0.850. The number of methoxy groups -OCH3 is 1. The second kappa shape index (κ2) is 10.2. The van der Waals surface area contributed by atoms with Crippen molar-refractivity contribution >= 4 is 34.5 Å². The molecular weight excluding hydrogens is 472 g/mol. The average molecular weight is 499 g/mol. The molecule has 5 rings (SSSR count). The monoisotopic (exact) mass is 498 g/mol. The van der Waals surface area contributed by atoms with E-state index >= 15 is 0 Å². The van der Waals surface area contributed by atoms with Crippen LogP contribution in [0.2, 0.25) is 0 Å². The van der Waals surface area contributed by atoms with E-state index in [9.17, 15) is 9.59 Å². The molecule has 34 heavy (non-hydrogen) atoms. The van der Waals surface area contributed by atoms with Crippen LogP contribution in [0.25, 0.3) is 0 Å². The van der Waals surface area contributed by atoms with E-state index in [4.69, 9.17) is 14.2 Å². The van der Waals surface area contributed by atoms with Crippen LogP contribution in [0.4, 0.5) is 0 Å². The Morgan fingerprint density at radius 3 is 2.68 bits per heavy atom. The van der Waals surface area contributed by atoms with Crippen molar-refractivity contribution in [2.75, 3.05) is 46.6 Å². The molecule has 0 spiro atoms. The van der Waals surface area contributed by atoms with E-state index in [1.165, 1.54) is 17.6 Å². The van der Waals surface area contributed by atoms with Gasteiger partial charge < -0.3 is 24.0 Å².